The zero-order valence-electron chi connectivity index (χ0n) is 4.87. The molecule has 9 heavy (non-hydrogen) atoms. The van der Waals surface area contributed by atoms with Gasteiger partial charge in [-0.3, -0.25) is 4.90 Å². The van der Waals surface area contributed by atoms with Crippen LogP contribution in [-0.4, -0.2) is 40.8 Å². The number of nitrogens with zero attached hydrogens (tertiary/aromatic N) is 1. The smallest absolute Gasteiger partial charge is 0.414 e. The number of hydrogen-bond acceptors (Lipinski definition) is 4. The molecule has 0 aromatic carbocycles. The average Bonchev–Trinajstić information content (AvgIpc) is 1.97. The Morgan fingerprint density at radius 2 is 2.33 bits per heavy atom. The zero-order chi connectivity index (χ0) is 7.07. The molecule has 0 aliphatic carbocycles. The normalized spacial score (nSPS) is 24.3. The second-order valence-corrected chi connectivity index (χ2v) is 1.89. The fourth-order valence-corrected chi connectivity index (χ4v) is 0.498. The van der Waals surface area contributed by atoms with Gasteiger partial charge in [0.25, 0.3) is 5.91 Å². The van der Waals surface area contributed by atoms with Crippen LogP contribution < -0.4 is 0 Å². The number of amides is 1. The van der Waals surface area contributed by atoms with E-state index in [1.54, 1.807) is 0 Å². The number of aliphatic hydroxyl groups is 2. The van der Waals surface area contributed by atoms with Crippen molar-refractivity contribution in [3.63, 3.8) is 0 Å². The Labute approximate surface area is 51.5 Å². The fourth-order valence-electron chi connectivity index (χ4n) is 0.498. The van der Waals surface area contributed by atoms with Crippen molar-refractivity contribution in [2.45, 2.75) is 5.91 Å². The van der Waals surface area contributed by atoms with Crippen molar-refractivity contribution in [2.24, 2.45) is 0 Å². The molecule has 5 nitrogen and oxygen atoms in total. The lowest BCUT2D eigenvalue weighted by Gasteiger charge is -2.18. The lowest BCUT2D eigenvalue weighted by molar-refractivity contribution is -0.224. The van der Waals surface area contributed by atoms with Crippen LogP contribution in [0.25, 0.3) is 0 Å². The second-order valence-electron chi connectivity index (χ2n) is 1.89. The molecular weight excluding hydrogens is 126 g/mol. The lowest BCUT2D eigenvalue weighted by atomic mass is 10.5. The largest absolute Gasteiger partial charge is 0.441 e. The number of rotatable bonds is 0. The van der Waals surface area contributed by atoms with Gasteiger partial charge >= 0.3 is 6.09 Å². The molecule has 0 saturated carbocycles. The topological polar surface area (TPSA) is 70.0 Å². The minimum atomic E-state index is -2.11. The van der Waals surface area contributed by atoms with E-state index in [0.717, 1.165) is 0 Å². The molecule has 0 unspecified atom stereocenters. The monoisotopic (exact) mass is 133 g/mol. The van der Waals surface area contributed by atoms with Gasteiger partial charge in [-0.05, 0) is 0 Å². The zero-order valence-corrected chi connectivity index (χ0v) is 4.87. The van der Waals surface area contributed by atoms with E-state index >= 15 is 0 Å². The molecule has 0 spiro atoms. The summed E-state index contributed by atoms with van der Waals surface area (Å²) in [5, 5.41) is 17.5. The predicted molar refractivity (Wildman–Crippen MR) is 26.3 cm³/mol. The third-order valence-corrected chi connectivity index (χ3v) is 1.20. The molecule has 1 saturated heterocycles. The molecule has 0 bridgehead atoms. The molecule has 0 atom stereocenters. The number of carbonyl (C=O) groups excluding carboxylic acids is 1. The Bertz CT molecular complexity index is 144. The van der Waals surface area contributed by atoms with E-state index in [4.69, 9.17) is 10.2 Å². The summed E-state index contributed by atoms with van der Waals surface area (Å²) in [5.74, 6) is -2.11. The third-order valence-electron chi connectivity index (χ3n) is 1.20. The van der Waals surface area contributed by atoms with Gasteiger partial charge in [-0.2, -0.15) is 0 Å². The predicted octanol–water partition coefficient (Wildman–Crippen LogP) is -1.29. The van der Waals surface area contributed by atoms with Crippen LogP contribution in [0.5, 0.6) is 0 Å². The van der Waals surface area contributed by atoms with Crippen molar-refractivity contribution >= 4 is 6.09 Å². The van der Waals surface area contributed by atoms with Gasteiger partial charge in [0.15, 0.2) is 6.61 Å². The summed E-state index contributed by atoms with van der Waals surface area (Å²) in [6.45, 7) is -0.387. The van der Waals surface area contributed by atoms with Crippen LogP contribution in [0.4, 0.5) is 4.79 Å². The van der Waals surface area contributed by atoms with Crippen molar-refractivity contribution in [2.75, 3.05) is 13.7 Å². The van der Waals surface area contributed by atoms with Gasteiger partial charge in [0.1, 0.15) is 0 Å². The highest BCUT2D eigenvalue weighted by Gasteiger charge is 2.41. The summed E-state index contributed by atoms with van der Waals surface area (Å²) in [7, 11) is 1.25. The Hall–Kier alpha value is -0.810. The van der Waals surface area contributed by atoms with Crippen molar-refractivity contribution in [1.29, 1.82) is 0 Å². The number of cyclic esters (lactones) is 1. The molecule has 1 rings (SSSR count). The van der Waals surface area contributed by atoms with Crippen molar-refractivity contribution in [3.05, 3.63) is 0 Å². The molecule has 0 aromatic heterocycles. The van der Waals surface area contributed by atoms with Crippen LogP contribution in [-0.2, 0) is 4.74 Å². The van der Waals surface area contributed by atoms with E-state index in [1.165, 1.54) is 7.05 Å². The molecule has 1 heterocycles. The third kappa shape index (κ3) is 0.839. The summed E-state index contributed by atoms with van der Waals surface area (Å²) >= 11 is 0. The Morgan fingerprint density at radius 1 is 1.78 bits per heavy atom. The van der Waals surface area contributed by atoms with E-state index in [0.29, 0.717) is 4.90 Å². The van der Waals surface area contributed by atoms with Crippen molar-refractivity contribution in [3.8, 4) is 0 Å². The minimum absolute atomic E-state index is 0.387. The average molecular weight is 133 g/mol. The number of likely N-dealkylation sites (N-methyl/N-ethyl adjacent to an activating group) is 1. The van der Waals surface area contributed by atoms with Gasteiger partial charge in [-0.25, -0.2) is 4.79 Å². The molecular formula is C4H7NO4. The molecule has 2 N–H and O–H groups in total. The SMILES string of the molecule is CN1C(=O)OCC1(O)O. The number of ether oxygens (including phenoxy) is 1. The molecule has 1 fully saturated rings. The molecule has 5 heteroatoms. The summed E-state index contributed by atoms with van der Waals surface area (Å²) in [5.41, 5.74) is 0. The Balaban J connectivity index is 2.73. The molecule has 1 amide bonds. The first-order valence-corrected chi connectivity index (χ1v) is 2.39. The molecule has 1 aliphatic heterocycles. The highest BCUT2D eigenvalue weighted by atomic mass is 16.6. The van der Waals surface area contributed by atoms with Gasteiger partial charge in [-0.15, -0.1) is 0 Å². The summed E-state index contributed by atoms with van der Waals surface area (Å²) in [6.07, 6.45) is -0.722. The number of carbonyl (C=O) groups is 1. The summed E-state index contributed by atoms with van der Waals surface area (Å²) in [6, 6.07) is 0. The standard InChI is InChI=1S/C4H7NO4/c1-5-3(6)9-2-4(5,7)8/h7-8H,2H2,1H3. The van der Waals surface area contributed by atoms with Crippen LogP contribution in [0, 0.1) is 0 Å². The van der Waals surface area contributed by atoms with E-state index in [1.807, 2.05) is 0 Å². The van der Waals surface area contributed by atoms with Gasteiger partial charge in [0.2, 0.25) is 0 Å². The van der Waals surface area contributed by atoms with Crippen LogP contribution >= 0.6 is 0 Å². The maximum Gasteiger partial charge on any atom is 0.414 e. The van der Waals surface area contributed by atoms with Crippen LogP contribution in [0.15, 0.2) is 0 Å². The van der Waals surface area contributed by atoms with Crippen molar-refractivity contribution in [1.82, 2.24) is 4.90 Å². The van der Waals surface area contributed by atoms with E-state index in [2.05, 4.69) is 4.74 Å². The van der Waals surface area contributed by atoms with Crippen molar-refractivity contribution < 1.29 is 19.7 Å². The summed E-state index contributed by atoms with van der Waals surface area (Å²) in [4.78, 5) is 11.1. The first-order valence-electron chi connectivity index (χ1n) is 2.39. The summed E-state index contributed by atoms with van der Waals surface area (Å²) < 4.78 is 4.27. The van der Waals surface area contributed by atoms with E-state index < -0.39 is 12.0 Å². The Morgan fingerprint density at radius 3 is 2.44 bits per heavy atom. The first-order chi connectivity index (χ1) is 4.04. The van der Waals surface area contributed by atoms with E-state index in [9.17, 15) is 4.79 Å². The minimum Gasteiger partial charge on any atom is -0.441 e. The van der Waals surface area contributed by atoms with Crippen LogP contribution in [0.3, 0.4) is 0 Å². The Kier molecular flexibility index (Phi) is 1.11. The maximum absolute atomic E-state index is 10.4. The first kappa shape index (κ1) is 6.31. The van der Waals surface area contributed by atoms with Crippen LogP contribution in [0.2, 0.25) is 0 Å². The maximum atomic E-state index is 10.4. The quantitative estimate of drug-likeness (QED) is 0.403. The van der Waals surface area contributed by atoms with Gasteiger partial charge in [-0.1, -0.05) is 0 Å². The highest BCUT2D eigenvalue weighted by Crippen LogP contribution is 2.15. The molecule has 1 aliphatic rings. The van der Waals surface area contributed by atoms with E-state index in [-0.39, 0.29) is 6.61 Å². The lowest BCUT2D eigenvalue weighted by Crippen LogP contribution is -2.44. The molecule has 0 aromatic rings. The number of hydrogen-bond donors (Lipinski definition) is 2. The fraction of sp³-hybridized carbons (Fsp3) is 0.750. The van der Waals surface area contributed by atoms with Gasteiger partial charge in [0.05, 0.1) is 0 Å². The van der Waals surface area contributed by atoms with Crippen LogP contribution in [0.1, 0.15) is 0 Å². The highest BCUT2D eigenvalue weighted by molar-refractivity contribution is 5.69. The van der Waals surface area contributed by atoms with Gasteiger partial charge < -0.3 is 14.9 Å². The molecule has 0 radical (unpaired) electrons. The van der Waals surface area contributed by atoms with Gasteiger partial charge in [0, 0.05) is 7.05 Å². The molecule has 52 valence electrons. The second kappa shape index (κ2) is 1.58.